The monoisotopic (exact) mass is 377 g/mol. The Labute approximate surface area is 166 Å². The van der Waals surface area contributed by atoms with Crippen LogP contribution >= 0.6 is 0 Å². The summed E-state index contributed by atoms with van der Waals surface area (Å²) < 4.78 is 7.97. The summed E-state index contributed by atoms with van der Waals surface area (Å²) in [6.07, 6.45) is 11.1. The molecule has 1 atom stereocenters. The van der Waals surface area contributed by atoms with Crippen LogP contribution in [0.25, 0.3) is 22.5 Å². The van der Waals surface area contributed by atoms with E-state index in [1.165, 1.54) is 19.3 Å². The molecule has 0 aliphatic heterocycles. The van der Waals surface area contributed by atoms with E-state index >= 15 is 0 Å². The Balaban J connectivity index is 1.54. The maximum Gasteiger partial charge on any atom is 0.0963 e. The number of rotatable bonds is 7. The predicted molar refractivity (Wildman–Crippen MR) is 110 cm³/mol. The minimum absolute atomic E-state index is 0.295. The van der Waals surface area contributed by atoms with Crippen LogP contribution in [0.4, 0.5) is 0 Å². The lowest BCUT2D eigenvalue weighted by Crippen LogP contribution is -2.26. The molecule has 0 spiro atoms. The van der Waals surface area contributed by atoms with Crippen LogP contribution in [-0.2, 0) is 11.3 Å². The molecule has 28 heavy (non-hydrogen) atoms. The van der Waals surface area contributed by atoms with E-state index in [1.54, 1.807) is 12.5 Å². The smallest absolute Gasteiger partial charge is 0.0963 e. The number of hydrogen-bond donors (Lipinski definition) is 1. The van der Waals surface area contributed by atoms with Crippen LogP contribution in [0.3, 0.4) is 0 Å². The summed E-state index contributed by atoms with van der Waals surface area (Å²) >= 11 is 0. The number of aliphatic hydroxyl groups is 1. The van der Waals surface area contributed by atoms with Crippen LogP contribution in [0.15, 0.2) is 61.2 Å². The van der Waals surface area contributed by atoms with Gasteiger partial charge < -0.3 is 14.4 Å². The number of nitrogens with zero attached hydrogens (tertiary/aromatic N) is 3. The van der Waals surface area contributed by atoms with E-state index in [4.69, 9.17) is 4.74 Å². The van der Waals surface area contributed by atoms with E-state index in [0.29, 0.717) is 19.3 Å². The SMILES string of the molecule is O[C@@H](COC1CCCCC1)Cn1cnc(-c2ccccc2)c1-c1cccnc1. The highest BCUT2D eigenvalue weighted by molar-refractivity contribution is 5.78. The van der Waals surface area contributed by atoms with E-state index < -0.39 is 6.10 Å². The summed E-state index contributed by atoms with van der Waals surface area (Å²) in [7, 11) is 0. The van der Waals surface area contributed by atoms with E-state index in [2.05, 4.69) is 22.1 Å². The first-order chi connectivity index (χ1) is 13.8. The van der Waals surface area contributed by atoms with Crippen molar-refractivity contribution in [1.82, 2.24) is 14.5 Å². The molecule has 0 radical (unpaired) electrons. The number of aromatic nitrogens is 3. The molecular weight excluding hydrogens is 350 g/mol. The van der Waals surface area contributed by atoms with Gasteiger partial charge in [-0.25, -0.2) is 4.98 Å². The average Bonchev–Trinajstić information content (AvgIpc) is 3.17. The van der Waals surface area contributed by atoms with Crippen molar-refractivity contribution >= 4 is 0 Å². The summed E-state index contributed by atoms with van der Waals surface area (Å²) in [5.41, 5.74) is 3.90. The van der Waals surface area contributed by atoms with Gasteiger partial charge in [-0.2, -0.15) is 0 Å². The minimum Gasteiger partial charge on any atom is -0.389 e. The molecule has 1 fully saturated rings. The lowest BCUT2D eigenvalue weighted by atomic mass is 9.98. The topological polar surface area (TPSA) is 60.2 Å². The zero-order valence-electron chi connectivity index (χ0n) is 16.1. The fourth-order valence-corrected chi connectivity index (χ4v) is 3.89. The molecule has 2 aromatic heterocycles. The molecule has 3 aromatic rings. The number of imidazole rings is 1. The van der Waals surface area contributed by atoms with Gasteiger partial charge in [0.25, 0.3) is 0 Å². The quantitative estimate of drug-likeness (QED) is 0.666. The molecule has 2 heterocycles. The van der Waals surface area contributed by atoms with Gasteiger partial charge in [-0.05, 0) is 25.0 Å². The Morgan fingerprint density at radius 1 is 1.04 bits per heavy atom. The Hall–Kier alpha value is -2.50. The number of ether oxygens (including phenoxy) is 1. The van der Waals surface area contributed by atoms with Gasteiger partial charge in [-0.15, -0.1) is 0 Å². The summed E-state index contributed by atoms with van der Waals surface area (Å²) in [4.78, 5) is 8.91. The molecule has 1 aliphatic rings. The summed E-state index contributed by atoms with van der Waals surface area (Å²) in [6, 6.07) is 14.1. The standard InChI is InChI=1S/C23H27N3O2/c27-20(16-28-21-11-5-2-6-12-21)15-26-17-25-22(18-8-3-1-4-9-18)23(26)19-10-7-13-24-14-19/h1,3-4,7-10,13-14,17,20-21,27H,2,5-6,11-12,15-16H2/t20-/m1/s1. The maximum atomic E-state index is 10.6. The van der Waals surface area contributed by atoms with Gasteiger partial charge in [0.15, 0.2) is 0 Å². The van der Waals surface area contributed by atoms with Crippen molar-refractivity contribution in [2.45, 2.75) is 50.9 Å². The molecule has 0 amide bonds. The molecule has 0 unspecified atom stereocenters. The van der Waals surface area contributed by atoms with Gasteiger partial charge in [0.05, 0.1) is 43.1 Å². The van der Waals surface area contributed by atoms with Gasteiger partial charge in [-0.3, -0.25) is 4.98 Å². The Bertz CT molecular complexity index is 858. The highest BCUT2D eigenvalue weighted by atomic mass is 16.5. The van der Waals surface area contributed by atoms with Crippen LogP contribution in [0.5, 0.6) is 0 Å². The second kappa shape index (κ2) is 9.13. The van der Waals surface area contributed by atoms with Gasteiger partial charge in [-0.1, -0.05) is 49.6 Å². The van der Waals surface area contributed by atoms with Crippen LogP contribution in [-0.4, -0.2) is 38.5 Å². The normalized spacial score (nSPS) is 16.2. The first-order valence-corrected chi connectivity index (χ1v) is 10.1. The first-order valence-electron chi connectivity index (χ1n) is 10.1. The third-order valence-corrected chi connectivity index (χ3v) is 5.30. The number of hydrogen-bond acceptors (Lipinski definition) is 4. The average molecular weight is 377 g/mol. The Morgan fingerprint density at radius 2 is 1.82 bits per heavy atom. The lowest BCUT2D eigenvalue weighted by molar-refractivity contribution is -0.0282. The van der Waals surface area contributed by atoms with Crippen molar-refractivity contribution in [2.24, 2.45) is 0 Å². The molecule has 4 rings (SSSR count). The van der Waals surface area contributed by atoms with Crippen molar-refractivity contribution in [3.63, 3.8) is 0 Å². The van der Waals surface area contributed by atoms with Gasteiger partial charge >= 0.3 is 0 Å². The fourth-order valence-electron chi connectivity index (χ4n) is 3.89. The second-order valence-electron chi connectivity index (χ2n) is 7.45. The van der Waals surface area contributed by atoms with E-state index in [0.717, 1.165) is 35.4 Å². The van der Waals surface area contributed by atoms with Crippen LogP contribution in [0.2, 0.25) is 0 Å². The zero-order chi connectivity index (χ0) is 19.2. The summed E-state index contributed by atoms with van der Waals surface area (Å²) in [6.45, 7) is 0.798. The number of aliphatic hydroxyl groups excluding tert-OH is 1. The predicted octanol–water partition coefficient (Wildman–Crippen LogP) is 4.32. The molecule has 1 aliphatic carbocycles. The van der Waals surface area contributed by atoms with E-state index in [1.807, 2.05) is 41.1 Å². The van der Waals surface area contributed by atoms with E-state index in [-0.39, 0.29) is 0 Å². The highest BCUT2D eigenvalue weighted by Crippen LogP contribution is 2.31. The zero-order valence-corrected chi connectivity index (χ0v) is 16.1. The molecule has 1 N–H and O–H groups in total. The van der Waals surface area contributed by atoms with Crippen LogP contribution < -0.4 is 0 Å². The van der Waals surface area contributed by atoms with E-state index in [9.17, 15) is 5.11 Å². The first kappa shape index (κ1) is 18.8. The van der Waals surface area contributed by atoms with Gasteiger partial charge in [0, 0.05) is 23.5 Å². The number of benzene rings is 1. The van der Waals surface area contributed by atoms with Gasteiger partial charge in [0.2, 0.25) is 0 Å². The second-order valence-corrected chi connectivity index (χ2v) is 7.45. The molecule has 146 valence electrons. The summed E-state index contributed by atoms with van der Waals surface area (Å²) in [5, 5.41) is 10.6. The number of pyridine rings is 1. The lowest BCUT2D eigenvalue weighted by Gasteiger charge is -2.23. The molecule has 1 aromatic carbocycles. The molecule has 0 bridgehead atoms. The Morgan fingerprint density at radius 3 is 2.57 bits per heavy atom. The molecule has 1 saturated carbocycles. The van der Waals surface area contributed by atoms with Crippen molar-refractivity contribution < 1.29 is 9.84 Å². The highest BCUT2D eigenvalue weighted by Gasteiger charge is 2.19. The summed E-state index contributed by atoms with van der Waals surface area (Å²) in [5.74, 6) is 0. The molecule has 5 nitrogen and oxygen atoms in total. The van der Waals surface area contributed by atoms with Crippen LogP contribution in [0, 0.1) is 0 Å². The third kappa shape index (κ3) is 4.49. The van der Waals surface area contributed by atoms with Crippen molar-refractivity contribution in [2.75, 3.05) is 6.61 Å². The maximum absolute atomic E-state index is 10.6. The molecule has 0 saturated heterocycles. The fraction of sp³-hybridized carbons (Fsp3) is 0.391. The van der Waals surface area contributed by atoms with Crippen molar-refractivity contribution in [3.8, 4) is 22.5 Å². The van der Waals surface area contributed by atoms with Crippen LogP contribution in [0.1, 0.15) is 32.1 Å². The third-order valence-electron chi connectivity index (χ3n) is 5.30. The molecule has 5 heteroatoms. The minimum atomic E-state index is -0.574. The molecular formula is C23H27N3O2. The largest absolute Gasteiger partial charge is 0.389 e. The van der Waals surface area contributed by atoms with Crippen molar-refractivity contribution in [3.05, 3.63) is 61.2 Å². The van der Waals surface area contributed by atoms with Gasteiger partial charge in [0.1, 0.15) is 0 Å². The Kier molecular flexibility index (Phi) is 6.14. The van der Waals surface area contributed by atoms with Crippen molar-refractivity contribution in [1.29, 1.82) is 0 Å².